The largest absolute Gasteiger partial charge is 0.496 e. The average Bonchev–Trinajstić information content (AvgIpc) is 2.89. The maximum Gasteiger partial charge on any atom is 0.259 e. The third kappa shape index (κ3) is 9.73. The van der Waals surface area contributed by atoms with E-state index in [0.717, 1.165) is 51.0 Å². The maximum atomic E-state index is 13.4. The van der Waals surface area contributed by atoms with E-state index in [0.29, 0.717) is 24.5 Å². The van der Waals surface area contributed by atoms with Gasteiger partial charge in [0.25, 0.3) is 11.8 Å². The van der Waals surface area contributed by atoms with Crippen LogP contribution in [0.15, 0.2) is 36.4 Å². The molecule has 0 spiro atoms. The number of piperazine rings is 1. The Morgan fingerprint density at radius 3 is 2.25 bits per heavy atom. The highest BCUT2D eigenvalue weighted by molar-refractivity contribution is 6.14. The molecule has 3 rings (SSSR count). The molecule has 0 atom stereocenters. The number of halogens is 3. The van der Waals surface area contributed by atoms with Crippen molar-refractivity contribution in [3.05, 3.63) is 53.1 Å². The van der Waals surface area contributed by atoms with Gasteiger partial charge in [-0.2, -0.15) is 0 Å². The number of likely N-dealkylation sites (N-methyl/N-ethyl adjacent to an activating group) is 1. The fourth-order valence-corrected chi connectivity index (χ4v) is 4.39. The Labute approximate surface area is 255 Å². The molecule has 2 aromatic carbocycles. The van der Waals surface area contributed by atoms with Crippen LogP contribution in [0.4, 0.5) is 5.69 Å². The Kier molecular flexibility index (Phi) is 16.6. The molecule has 1 saturated heterocycles. The van der Waals surface area contributed by atoms with Crippen LogP contribution in [0.5, 0.6) is 11.5 Å². The van der Waals surface area contributed by atoms with Gasteiger partial charge in [0.1, 0.15) is 11.5 Å². The summed E-state index contributed by atoms with van der Waals surface area (Å²) in [5, 5.41) is 0. The zero-order valence-corrected chi connectivity index (χ0v) is 26.0. The molecule has 40 heavy (non-hydrogen) atoms. The Morgan fingerprint density at radius 2 is 1.62 bits per heavy atom. The van der Waals surface area contributed by atoms with Gasteiger partial charge in [-0.1, -0.05) is 12.1 Å². The molecule has 2 N–H and O–H groups in total. The third-order valence-electron chi connectivity index (χ3n) is 6.65. The minimum absolute atomic E-state index is 0. The monoisotopic (exact) mass is 618 g/mol. The molecule has 1 heterocycles. The van der Waals surface area contributed by atoms with E-state index in [1.807, 2.05) is 30.0 Å². The van der Waals surface area contributed by atoms with E-state index in [1.54, 1.807) is 25.2 Å². The molecule has 0 radical (unpaired) electrons. The van der Waals surface area contributed by atoms with Crippen LogP contribution in [0.2, 0.25) is 0 Å². The molecule has 1 aliphatic heterocycles. The average molecular weight is 620 g/mol. The number of methoxy groups -OCH3 is 1. The molecule has 1 aliphatic rings. The van der Waals surface area contributed by atoms with Gasteiger partial charge >= 0.3 is 0 Å². The number of hydrogen-bond donors (Lipinski definition) is 1. The fraction of sp³-hybridized carbons (Fsp3) is 0.464. The number of aryl methyl sites for hydroxylation is 1. The molecular formula is C28H41Cl3N4O5. The summed E-state index contributed by atoms with van der Waals surface area (Å²) in [6, 6.07) is 10.4. The first-order chi connectivity index (χ1) is 17.7. The zero-order valence-electron chi connectivity index (χ0n) is 23.5. The summed E-state index contributed by atoms with van der Waals surface area (Å²) in [6.07, 6.45) is 3.04. The van der Waals surface area contributed by atoms with Crippen LogP contribution < -0.4 is 20.1 Å². The van der Waals surface area contributed by atoms with Crippen LogP contribution in [-0.2, 0) is 4.79 Å². The van der Waals surface area contributed by atoms with Crippen molar-refractivity contribution < 1.29 is 23.9 Å². The summed E-state index contributed by atoms with van der Waals surface area (Å²) < 4.78 is 11.3. The first-order valence-corrected chi connectivity index (χ1v) is 12.7. The highest BCUT2D eigenvalue weighted by Gasteiger charge is 2.25. The number of carbonyl (C=O) groups excluding carboxylic acids is 3. The minimum Gasteiger partial charge on any atom is -0.496 e. The summed E-state index contributed by atoms with van der Waals surface area (Å²) in [4.78, 5) is 43.5. The lowest BCUT2D eigenvalue weighted by molar-refractivity contribution is -0.132. The molecule has 2 aromatic rings. The van der Waals surface area contributed by atoms with Gasteiger partial charge in [0.2, 0.25) is 5.91 Å². The second kappa shape index (κ2) is 17.9. The van der Waals surface area contributed by atoms with Crippen LogP contribution >= 0.6 is 37.2 Å². The van der Waals surface area contributed by atoms with Crippen molar-refractivity contribution in [3.8, 4) is 11.5 Å². The third-order valence-corrected chi connectivity index (χ3v) is 6.65. The van der Waals surface area contributed by atoms with Gasteiger partial charge in [-0.3, -0.25) is 14.4 Å². The van der Waals surface area contributed by atoms with E-state index >= 15 is 0 Å². The van der Waals surface area contributed by atoms with Crippen LogP contribution in [0, 0.1) is 6.92 Å². The first-order valence-electron chi connectivity index (χ1n) is 12.7. The molecule has 0 aromatic heterocycles. The standard InChI is InChI=1S/C28H38N4O5.3ClH/c1-20-12-13-22(31(3)28(35)21-9-8-10-23(36-4)26(21)27(29)34)24(19-20)37-18-7-5-6-11-25(33)32-16-14-30(2)15-17-32;;;/h8-10,12-13,19H,5-7,11,14-18H2,1-4H3,(H2,29,34);3*1H. The SMILES string of the molecule is COc1cccc(C(=O)N(C)c2ccc(C)cc2OCCCCCC(=O)N2CCN(C)CC2)c1C(N)=O.Cl.Cl.Cl. The molecule has 0 bridgehead atoms. The summed E-state index contributed by atoms with van der Waals surface area (Å²) in [5.74, 6) is -0.0846. The molecule has 1 fully saturated rings. The van der Waals surface area contributed by atoms with Gasteiger partial charge in [-0.05, 0) is 63.1 Å². The number of nitrogens with two attached hydrogens (primary N) is 1. The highest BCUT2D eigenvalue weighted by atomic mass is 35.5. The molecule has 12 heteroatoms. The number of benzene rings is 2. The number of carbonyl (C=O) groups is 3. The Morgan fingerprint density at radius 1 is 0.950 bits per heavy atom. The van der Waals surface area contributed by atoms with E-state index in [4.69, 9.17) is 15.2 Å². The maximum absolute atomic E-state index is 13.4. The number of anilines is 1. The number of nitrogens with zero attached hydrogens (tertiary/aromatic N) is 3. The zero-order chi connectivity index (χ0) is 26.9. The quantitative estimate of drug-likeness (QED) is 0.375. The van der Waals surface area contributed by atoms with Crippen LogP contribution in [0.25, 0.3) is 0 Å². The summed E-state index contributed by atoms with van der Waals surface area (Å²) in [7, 11) is 5.13. The Balaban J connectivity index is 0.00000507. The van der Waals surface area contributed by atoms with E-state index in [2.05, 4.69) is 11.9 Å². The van der Waals surface area contributed by atoms with Crippen molar-refractivity contribution in [3.63, 3.8) is 0 Å². The first kappa shape index (κ1) is 37.3. The summed E-state index contributed by atoms with van der Waals surface area (Å²) in [5.41, 5.74) is 7.33. The number of primary amides is 1. The van der Waals surface area contributed by atoms with Crippen LogP contribution in [-0.4, -0.2) is 81.5 Å². The van der Waals surface area contributed by atoms with Gasteiger partial charge in [-0.25, -0.2) is 0 Å². The number of unbranched alkanes of at least 4 members (excludes halogenated alkanes) is 2. The normalized spacial score (nSPS) is 12.8. The predicted octanol–water partition coefficient (Wildman–Crippen LogP) is 4.36. The van der Waals surface area contributed by atoms with E-state index in [1.165, 1.54) is 12.0 Å². The summed E-state index contributed by atoms with van der Waals surface area (Å²) >= 11 is 0. The number of hydrogen-bond acceptors (Lipinski definition) is 6. The highest BCUT2D eigenvalue weighted by Crippen LogP contribution is 2.31. The lowest BCUT2D eigenvalue weighted by Gasteiger charge is -2.32. The molecule has 224 valence electrons. The van der Waals surface area contributed by atoms with E-state index in [9.17, 15) is 14.4 Å². The minimum atomic E-state index is -0.735. The van der Waals surface area contributed by atoms with Crippen molar-refractivity contribution >= 4 is 60.6 Å². The molecule has 0 saturated carbocycles. The smallest absolute Gasteiger partial charge is 0.259 e. The lowest BCUT2D eigenvalue weighted by Crippen LogP contribution is -2.47. The number of amides is 3. The molecule has 9 nitrogen and oxygen atoms in total. The van der Waals surface area contributed by atoms with Crippen LogP contribution in [0.3, 0.4) is 0 Å². The van der Waals surface area contributed by atoms with Crippen molar-refractivity contribution in [2.45, 2.75) is 32.6 Å². The number of rotatable bonds is 11. The Hall–Kier alpha value is -2.72. The van der Waals surface area contributed by atoms with Crippen LogP contribution in [0.1, 0.15) is 52.0 Å². The second-order valence-electron chi connectivity index (χ2n) is 9.43. The predicted molar refractivity (Wildman–Crippen MR) is 165 cm³/mol. The van der Waals surface area contributed by atoms with E-state index in [-0.39, 0.29) is 60.0 Å². The number of ether oxygens (including phenoxy) is 2. The fourth-order valence-electron chi connectivity index (χ4n) is 4.39. The molecule has 0 aliphatic carbocycles. The topological polar surface area (TPSA) is 105 Å². The summed E-state index contributed by atoms with van der Waals surface area (Å²) in [6.45, 7) is 5.88. The van der Waals surface area contributed by atoms with Gasteiger partial charge < -0.3 is 29.9 Å². The van der Waals surface area contributed by atoms with Crippen molar-refractivity contribution in [1.82, 2.24) is 9.80 Å². The Bertz CT molecular complexity index is 1130. The van der Waals surface area contributed by atoms with Gasteiger partial charge in [0.05, 0.1) is 30.5 Å². The van der Waals surface area contributed by atoms with E-state index < -0.39 is 11.8 Å². The molecule has 3 amide bonds. The lowest BCUT2D eigenvalue weighted by atomic mass is 10.0. The van der Waals surface area contributed by atoms with Crippen molar-refractivity contribution in [2.75, 3.05) is 58.9 Å². The van der Waals surface area contributed by atoms with Crippen molar-refractivity contribution in [2.24, 2.45) is 5.73 Å². The molecular weight excluding hydrogens is 579 g/mol. The second-order valence-corrected chi connectivity index (χ2v) is 9.43. The molecule has 0 unspecified atom stereocenters. The van der Waals surface area contributed by atoms with Gasteiger partial charge in [-0.15, -0.1) is 37.2 Å². The van der Waals surface area contributed by atoms with Gasteiger partial charge in [0, 0.05) is 39.6 Å². The van der Waals surface area contributed by atoms with Crippen molar-refractivity contribution in [1.29, 1.82) is 0 Å². The van der Waals surface area contributed by atoms with Gasteiger partial charge in [0.15, 0.2) is 0 Å².